The van der Waals surface area contributed by atoms with Gasteiger partial charge < -0.3 is 14.9 Å². The lowest BCUT2D eigenvalue weighted by atomic mass is 9.77. The molecule has 1 aliphatic heterocycles. The van der Waals surface area contributed by atoms with Crippen molar-refractivity contribution in [1.82, 2.24) is 21.1 Å². The fourth-order valence-electron chi connectivity index (χ4n) is 6.30. The third-order valence-corrected chi connectivity index (χ3v) is 9.46. The first-order valence-corrected chi connectivity index (χ1v) is 16.8. The molecule has 4 aromatic carbocycles. The minimum Gasteiger partial charge on any atom is -0.464 e. The summed E-state index contributed by atoms with van der Waals surface area (Å²) in [6.45, 7) is 0. The summed E-state index contributed by atoms with van der Waals surface area (Å²) in [7, 11) is 0. The number of hydrazone groups is 1. The molecule has 1 aliphatic rings. The van der Waals surface area contributed by atoms with E-state index in [-0.39, 0.29) is 5.88 Å². The molecular weight excluding hydrogens is 629 g/mol. The van der Waals surface area contributed by atoms with E-state index in [2.05, 4.69) is 83.8 Å². The Morgan fingerprint density at radius 2 is 1.35 bits per heavy atom. The first kappa shape index (κ1) is 30.2. The van der Waals surface area contributed by atoms with E-state index in [1.165, 1.54) is 0 Å². The molecule has 3 aromatic heterocycles. The van der Waals surface area contributed by atoms with Crippen LogP contribution in [0.15, 0.2) is 173 Å². The van der Waals surface area contributed by atoms with Crippen molar-refractivity contribution in [3.05, 3.63) is 186 Å². The number of nitrogens with two attached hydrogens (primary N) is 1. The molecule has 240 valence electrons. The molecule has 0 fully saturated rings. The molecule has 0 saturated carbocycles. The molecule has 0 saturated heterocycles. The van der Waals surface area contributed by atoms with Crippen LogP contribution in [-0.2, 0) is 5.54 Å². The number of hydrogen-bond acceptors (Lipinski definition) is 9. The molecule has 0 spiro atoms. The van der Waals surface area contributed by atoms with Crippen LogP contribution in [0.3, 0.4) is 0 Å². The molecule has 4 heterocycles. The van der Waals surface area contributed by atoms with E-state index >= 15 is 0 Å². The number of furan rings is 1. The van der Waals surface area contributed by atoms with Crippen molar-refractivity contribution < 1.29 is 9.15 Å². The highest BCUT2D eigenvalue weighted by atomic mass is 32.1. The molecule has 0 aliphatic carbocycles. The van der Waals surface area contributed by atoms with E-state index in [9.17, 15) is 0 Å². The number of nitrogen functional groups attached to an aromatic ring is 1. The van der Waals surface area contributed by atoms with Crippen molar-refractivity contribution in [1.29, 1.82) is 0 Å². The highest BCUT2D eigenvalue weighted by molar-refractivity contribution is 7.13. The van der Waals surface area contributed by atoms with Crippen LogP contribution in [0.25, 0.3) is 21.9 Å². The maximum atomic E-state index is 6.84. The van der Waals surface area contributed by atoms with E-state index < -0.39 is 11.6 Å². The molecule has 49 heavy (non-hydrogen) atoms. The number of pyridine rings is 1. The number of hydrogen-bond donors (Lipinski definition) is 3. The molecule has 4 N–H and O–H groups in total. The molecule has 7 aromatic rings. The van der Waals surface area contributed by atoms with Gasteiger partial charge in [-0.25, -0.2) is 10.5 Å². The Bertz CT molecular complexity index is 2060. The number of thiophene rings is 1. The molecule has 8 rings (SSSR count). The van der Waals surface area contributed by atoms with Crippen LogP contribution in [-0.4, -0.2) is 15.9 Å². The van der Waals surface area contributed by atoms with Crippen LogP contribution in [0.1, 0.15) is 28.4 Å². The predicted octanol–water partition coefficient (Wildman–Crippen LogP) is 8.40. The van der Waals surface area contributed by atoms with Crippen molar-refractivity contribution >= 4 is 22.9 Å². The SMILES string of the molecule is Nc1c(-c2ccco2)cc(-c2cccs2)nc1OC(C1=NNN(C(c2ccccc2)(c2ccccc2)c2ccccc2)N1)c1ccccc1. The van der Waals surface area contributed by atoms with E-state index in [1.54, 1.807) is 17.6 Å². The Labute approximate surface area is 288 Å². The minimum absolute atomic E-state index is 0.273. The van der Waals surface area contributed by atoms with Gasteiger partial charge in [-0.1, -0.05) is 133 Å². The third kappa shape index (κ3) is 5.61. The number of benzene rings is 4. The van der Waals surface area contributed by atoms with Crippen molar-refractivity contribution in [3.8, 4) is 27.8 Å². The number of nitrogens with zero attached hydrogens (tertiary/aromatic N) is 3. The van der Waals surface area contributed by atoms with Crippen molar-refractivity contribution in [2.75, 3.05) is 5.73 Å². The number of ether oxygens (including phenoxy) is 1. The van der Waals surface area contributed by atoms with Crippen LogP contribution >= 0.6 is 11.3 Å². The molecular formula is C40H32N6O2S. The fourth-order valence-corrected chi connectivity index (χ4v) is 6.98. The van der Waals surface area contributed by atoms with Crippen molar-refractivity contribution in [3.63, 3.8) is 0 Å². The second-order valence-electron chi connectivity index (χ2n) is 11.5. The molecule has 1 atom stereocenters. The summed E-state index contributed by atoms with van der Waals surface area (Å²) in [5, 5.41) is 8.83. The van der Waals surface area contributed by atoms with Gasteiger partial charge >= 0.3 is 0 Å². The van der Waals surface area contributed by atoms with Gasteiger partial charge in [0.25, 0.3) is 0 Å². The van der Waals surface area contributed by atoms with E-state index in [0.29, 0.717) is 22.8 Å². The quantitative estimate of drug-likeness (QED) is 0.127. The summed E-state index contributed by atoms with van der Waals surface area (Å²) in [6, 6.07) is 50.7. The number of aromatic nitrogens is 1. The molecule has 0 amide bonds. The third-order valence-electron chi connectivity index (χ3n) is 8.57. The number of hydrazine groups is 2. The van der Waals surface area contributed by atoms with Crippen LogP contribution in [0.4, 0.5) is 5.69 Å². The van der Waals surface area contributed by atoms with Gasteiger partial charge in [0.2, 0.25) is 5.88 Å². The number of anilines is 1. The first-order chi connectivity index (χ1) is 24.2. The molecule has 1 unspecified atom stereocenters. The van der Waals surface area contributed by atoms with Crippen LogP contribution in [0.2, 0.25) is 0 Å². The summed E-state index contributed by atoms with van der Waals surface area (Å²) in [5.74, 6) is 1.43. The Kier molecular flexibility index (Phi) is 8.10. The lowest BCUT2D eigenvalue weighted by Crippen LogP contribution is -2.57. The van der Waals surface area contributed by atoms with Gasteiger partial charge in [-0.2, -0.15) is 0 Å². The first-order valence-electron chi connectivity index (χ1n) is 15.9. The predicted molar refractivity (Wildman–Crippen MR) is 194 cm³/mol. The van der Waals surface area contributed by atoms with Gasteiger partial charge in [0, 0.05) is 11.1 Å². The van der Waals surface area contributed by atoms with Gasteiger partial charge in [-0.3, -0.25) is 5.43 Å². The lowest BCUT2D eigenvalue weighted by molar-refractivity contribution is 0.0737. The topological polar surface area (TPSA) is 101 Å². The molecule has 0 radical (unpaired) electrons. The summed E-state index contributed by atoms with van der Waals surface area (Å²) >= 11 is 1.59. The van der Waals surface area contributed by atoms with Crippen LogP contribution in [0.5, 0.6) is 5.88 Å². The van der Waals surface area contributed by atoms with Gasteiger partial charge in [0.15, 0.2) is 11.9 Å². The highest BCUT2D eigenvalue weighted by Gasteiger charge is 2.46. The highest BCUT2D eigenvalue weighted by Crippen LogP contribution is 2.43. The smallest absolute Gasteiger partial charge is 0.239 e. The lowest BCUT2D eigenvalue weighted by Gasteiger charge is -2.42. The van der Waals surface area contributed by atoms with Crippen molar-refractivity contribution in [2.24, 2.45) is 5.10 Å². The van der Waals surface area contributed by atoms with E-state index in [0.717, 1.165) is 32.8 Å². The second kappa shape index (κ2) is 13.2. The average molecular weight is 661 g/mol. The summed E-state index contributed by atoms with van der Waals surface area (Å²) in [5.41, 5.74) is 18.7. The summed E-state index contributed by atoms with van der Waals surface area (Å²) < 4.78 is 12.6. The van der Waals surface area contributed by atoms with Crippen LogP contribution in [0, 0.1) is 0 Å². The van der Waals surface area contributed by atoms with E-state index in [1.807, 2.05) is 89.4 Å². The van der Waals surface area contributed by atoms with Crippen molar-refractivity contribution in [2.45, 2.75) is 11.6 Å². The Morgan fingerprint density at radius 3 is 1.90 bits per heavy atom. The van der Waals surface area contributed by atoms with Gasteiger partial charge in [0.05, 0.1) is 16.8 Å². The van der Waals surface area contributed by atoms with E-state index in [4.69, 9.17) is 25.0 Å². The zero-order chi connectivity index (χ0) is 33.0. The number of rotatable bonds is 10. The van der Waals surface area contributed by atoms with Crippen LogP contribution < -0.4 is 21.4 Å². The standard InChI is InChI=1S/C40H32N6O2S/c41-36-32(34-23-13-25-47-34)27-33(35-24-14-26-49-35)42-39(36)48-37(28-15-5-1-6-16-28)38-43-45-46(44-38)40(29-17-7-2-8-18-29,30-19-9-3-10-20-30)31-21-11-4-12-22-31/h1-27,37,45H,41H2,(H,43,44). The zero-order valence-corrected chi connectivity index (χ0v) is 27.1. The van der Waals surface area contributed by atoms with Gasteiger partial charge in [-0.05, 0) is 46.3 Å². The van der Waals surface area contributed by atoms with Gasteiger partial charge in [0.1, 0.15) is 17.0 Å². The zero-order valence-electron chi connectivity index (χ0n) is 26.3. The average Bonchev–Trinajstić information content (AvgIpc) is 3.98. The largest absolute Gasteiger partial charge is 0.464 e. The van der Waals surface area contributed by atoms with Gasteiger partial charge in [-0.15, -0.1) is 16.4 Å². The normalized spacial score (nSPS) is 13.7. The molecule has 0 bridgehead atoms. The summed E-state index contributed by atoms with van der Waals surface area (Å²) in [6.07, 6.45) is 0.917. The Morgan fingerprint density at radius 1 is 0.735 bits per heavy atom. The monoisotopic (exact) mass is 660 g/mol. The maximum Gasteiger partial charge on any atom is 0.239 e. The second-order valence-corrected chi connectivity index (χ2v) is 12.4. The summed E-state index contributed by atoms with van der Waals surface area (Å²) in [4.78, 5) is 5.92. The minimum atomic E-state index is -0.834. The maximum absolute atomic E-state index is 6.84. The number of amidine groups is 1. The molecule has 9 heteroatoms. The molecule has 8 nitrogen and oxygen atoms in total. The Balaban J connectivity index is 1.23. The number of nitrogens with one attached hydrogen (secondary N) is 2. The Hall–Kier alpha value is -6.16. The fraction of sp³-hybridized carbons (Fsp3) is 0.0500.